The van der Waals surface area contributed by atoms with E-state index >= 15 is 0 Å². The molecule has 0 unspecified atom stereocenters. The van der Waals surface area contributed by atoms with Crippen molar-refractivity contribution in [1.29, 1.82) is 0 Å². The minimum Gasteiger partial charge on any atom is -0.484 e. The minimum absolute atomic E-state index is 0.207. The molecular weight excluding hydrogens is 430 g/mol. The van der Waals surface area contributed by atoms with E-state index in [1.807, 2.05) is 6.07 Å². The summed E-state index contributed by atoms with van der Waals surface area (Å²) >= 11 is 3.38. The third kappa shape index (κ3) is 3.41. The van der Waals surface area contributed by atoms with Crippen molar-refractivity contribution in [3.8, 4) is 16.9 Å². The number of hydrogen-bond donors (Lipinski definition) is 1. The molecule has 0 radical (unpaired) electrons. The van der Waals surface area contributed by atoms with E-state index in [1.54, 1.807) is 30.3 Å². The molecule has 4 rings (SSSR count). The fourth-order valence-corrected chi connectivity index (χ4v) is 3.27. The lowest BCUT2D eigenvalue weighted by Gasteiger charge is -2.08. The smallest absolute Gasteiger partial charge is 0.344 e. The summed E-state index contributed by atoms with van der Waals surface area (Å²) in [4.78, 5) is 35.5. The van der Waals surface area contributed by atoms with Gasteiger partial charge in [-0.25, -0.2) is 9.59 Å². The number of carbonyl (C=O) groups excluding carboxylic acids is 1. The Kier molecular flexibility index (Phi) is 4.48. The molecule has 1 amide bonds. The van der Waals surface area contributed by atoms with Gasteiger partial charge in [-0.3, -0.25) is 4.79 Å². The Morgan fingerprint density at radius 2 is 1.79 bits per heavy atom. The summed E-state index contributed by atoms with van der Waals surface area (Å²) in [6.07, 6.45) is 0. The van der Waals surface area contributed by atoms with Crippen LogP contribution in [-0.4, -0.2) is 12.5 Å². The maximum atomic E-state index is 12.5. The van der Waals surface area contributed by atoms with Crippen LogP contribution in [0.3, 0.4) is 0 Å². The number of fused-ring (bicyclic) bond motifs is 2. The molecule has 2 heterocycles. The average molecular weight is 442 g/mol. The summed E-state index contributed by atoms with van der Waals surface area (Å²) in [7, 11) is 0. The van der Waals surface area contributed by atoms with Crippen molar-refractivity contribution in [2.24, 2.45) is 5.73 Å². The molecule has 4 aromatic rings. The van der Waals surface area contributed by atoms with Gasteiger partial charge in [0.15, 0.2) is 6.61 Å². The number of halogens is 1. The second-order valence-electron chi connectivity index (χ2n) is 6.02. The highest BCUT2D eigenvalue weighted by molar-refractivity contribution is 9.10. The Hall–Kier alpha value is -3.39. The highest BCUT2D eigenvalue weighted by Crippen LogP contribution is 2.30. The first-order valence-corrected chi connectivity index (χ1v) is 8.93. The van der Waals surface area contributed by atoms with Gasteiger partial charge in [0.05, 0.1) is 5.56 Å². The number of hydrogen-bond acceptors (Lipinski definition) is 6. The molecule has 140 valence electrons. The van der Waals surface area contributed by atoms with Crippen molar-refractivity contribution in [2.45, 2.75) is 0 Å². The maximum Gasteiger partial charge on any atom is 0.344 e. The molecule has 0 bridgehead atoms. The van der Waals surface area contributed by atoms with Crippen molar-refractivity contribution in [1.82, 2.24) is 0 Å². The number of carbonyl (C=O) groups is 1. The van der Waals surface area contributed by atoms with Crippen LogP contribution in [0.4, 0.5) is 0 Å². The second kappa shape index (κ2) is 6.97. The van der Waals surface area contributed by atoms with Crippen molar-refractivity contribution in [3.05, 3.63) is 73.8 Å². The number of benzene rings is 2. The molecule has 2 aromatic carbocycles. The normalized spacial score (nSPS) is 11.0. The van der Waals surface area contributed by atoms with Crippen molar-refractivity contribution in [2.75, 3.05) is 6.61 Å². The van der Waals surface area contributed by atoms with Crippen LogP contribution < -0.4 is 21.7 Å². The number of rotatable bonds is 4. The summed E-state index contributed by atoms with van der Waals surface area (Å²) in [5, 5.41) is 1.22. The molecule has 0 saturated carbocycles. The monoisotopic (exact) mass is 441 g/mol. The van der Waals surface area contributed by atoms with Crippen LogP contribution in [0.5, 0.6) is 5.75 Å². The van der Waals surface area contributed by atoms with Crippen LogP contribution in [0.1, 0.15) is 0 Å². The van der Waals surface area contributed by atoms with Crippen LogP contribution in [0.2, 0.25) is 0 Å². The third-order valence-corrected chi connectivity index (χ3v) is 4.57. The van der Waals surface area contributed by atoms with Gasteiger partial charge in [0, 0.05) is 32.9 Å². The Morgan fingerprint density at radius 3 is 2.57 bits per heavy atom. The van der Waals surface area contributed by atoms with Gasteiger partial charge in [-0.15, -0.1) is 0 Å². The van der Waals surface area contributed by atoms with E-state index in [1.165, 1.54) is 12.1 Å². The van der Waals surface area contributed by atoms with E-state index in [0.717, 1.165) is 4.47 Å². The van der Waals surface area contributed by atoms with Crippen molar-refractivity contribution in [3.63, 3.8) is 0 Å². The third-order valence-electron chi connectivity index (χ3n) is 4.08. The summed E-state index contributed by atoms with van der Waals surface area (Å²) in [6, 6.07) is 12.9. The fourth-order valence-electron chi connectivity index (χ4n) is 2.89. The Morgan fingerprint density at radius 1 is 0.964 bits per heavy atom. The quantitative estimate of drug-likeness (QED) is 0.486. The Labute approximate surface area is 165 Å². The Bertz CT molecular complexity index is 1350. The van der Waals surface area contributed by atoms with Crippen LogP contribution in [0.25, 0.3) is 33.1 Å². The first-order chi connectivity index (χ1) is 13.4. The molecule has 0 aliphatic carbocycles. The topological polar surface area (TPSA) is 113 Å². The molecule has 28 heavy (non-hydrogen) atoms. The number of nitrogens with two attached hydrogens (primary N) is 1. The molecule has 0 saturated heterocycles. The zero-order chi connectivity index (χ0) is 19.8. The largest absolute Gasteiger partial charge is 0.484 e. The lowest BCUT2D eigenvalue weighted by Crippen LogP contribution is -2.20. The molecule has 7 nitrogen and oxygen atoms in total. The number of ether oxygens (including phenoxy) is 1. The second-order valence-corrected chi connectivity index (χ2v) is 6.94. The SMILES string of the molecule is NC(=O)COc1ccc2c(-c3cc4cc(Br)ccc4oc3=O)cc(=O)oc2c1. The van der Waals surface area contributed by atoms with E-state index in [9.17, 15) is 14.4 Å². The fraction of sp³-hybridized carbons (Fsp3) is 0.0500. The standard InChI is InChI=1S/C20H12BrNO6/c21-11-1-4-16-10(5-11)6-15(20(25)28-16)14-8-19(24)27-17-7-12(2-3-13(14)17)26-9-18(22)23/h1-8H,9H2,(H2,22,23). The summed E-state index contributed by atoms with van der Waals surface area (Å²) in [6.45, 7) is -0.307. The van der Waals surface area contributed by atoms with Gasteiger partial charge in [0.2, 0.25) is 0 Å². The number of primary amides is 1. The van der Waals surface area contributed by atoms with E-state index < -0.39 is 17.2 Å². The van der Waals surface area contributed by atoms with E-state index in [0.29, 0.717) is 27.7 Å². The summed E-state index contributed by atoms with van der Waals surface area (Å²) in [5.41, 5.74) is 5.11. The molecule has 0 aliphatic rings. The van der Waals surface area contributed by atoms with Crippen LogP contribution in [0.15, 0.2) is 71.4 Å². The highest BCUT2D eigenvalue weighted by atomic mass is 79.9. The molecule has 8 heteroatoms. The first-order valence-electron chi connectivity index (χ1n) is 8.13. The lowest BCUT2D eigenvalue weighted by atomic mass is 10.0. The predicted octanol–water partition coefficient (Wildman–Crippen LogP) is 3.19. The van der Waals surface area contributed by atoms with Crippen LogP contribution in [-0.2, 0) is 4.79 Å². The average Bonchev–Trinajstić information content (AvgIpc) is 2.65. The zero-order valence-corrected chi connectivity index (χ0v) is 15.8. The van der Waals surface area contributed by atoms with Gasteiger partial charge in [0.25, 0.3) is 5.91 Å². The van der Waals surface area contributed by atoms with Crippen LogP contribution >= 0.6 is 15.9 Å². The molecule has 2 N–H and O–H groups in total. The van der Waals surface area contributed by atoms with Gasteiger partial charge in [-0.05, 0) is 36.4 Å². The van der Waals surface area contributed by atoms with Crippen molar-refractivity contribution >= 4 is 43.8 Å². The molecule has 0 fully saturated rings. The number of amides is 1. The van der Waals surface area contributed by atoms with E-state index in [-0.39, 0.29) is 17.8 Å². The summed E-state index contributed by atoms with van der Waals surface area (Å²) in [5.74, 6) is -0.323. The zero-order valence-electron chi connectivity index (χ0n) is 14.2. The molecule has 0 atom stereocenters. The van der Waals surface area contributed by atoms with Gasteiger partial charge in [0.1, 0.15) is 16.9 Å². The maximum absolute atomic E-state index is 12.5. The summed E-state index contributed by atoms with van der Waals surface area (Å²) < 4.78 is 16.7. The molecular formula is C20H12BrNO6. The highest BCUT2D eigenvalue weighted by Gasteiger charge is 2.14. The van der Waals surface area contributed by atoms with E-state index in [2.05, 4.69) is 15.9 Å². The Balaban J connectivity index is 1.92. The van der Waals surface area contributed by atoms with E-state index in [4.69, 9.17) is 19.3 Å². The molecule has 2 aromatic heterocycles. The van der Waals surface area contributed by atoms with Crippen LogP contribution in [0, 0.1) is 0 Å². The molecule has 0 spiro atoms. The molecule has 0 aliphatic heterocycles. The van der Waals surface area contributed by atoms with Gasteiger partial charge in [-0.1, -0.05) is 15.9 Å². The minimum atomic E-state index is -0.636. The van der Waals surface area contributed by atoms with Gasteiger partial charge >= 0.3 is 11.3 Å². The van der Waals surface area contributed by atoms with Crippen molar-refractivity contribution < 1.29 is 18.4 Å². The predicted molar refractivity (Wildman–Crippen MR) is 106 cm³/mol. The lowest BCUT2D eigenvalue weighted by molar-refractivity contribution is -0.119. The van der Waals surface area contributed by atoms with Gasteiger partial charge in [-0.2, -0.15) is 0 Å². The van der Waals surface area contributed by atoms with Gasteiger partial charge < -0.3 is 19.3 Å². The first kappa shape index (κ1) is 18.0.